The quantitative estimate of drug-likeness (QED) is 0.663. The number of rotatable bonds is 1. The molecule has 1 rings (SSSR count). The van der Waals surface area contributed by atoms with Gasteiger partial charge in [0.1, 0.15) is 0 Å². The predicted octanol–water partition coefficient (Wildman–Crippen LogP) is 4.09. The molecule has 0 saturated carbocycles. The molecule has 0 aliphatic rings. The topological polar surface area (TPSA) is 0 Å². The Morgan fingerprint density at radius 1 is 0.933 bits per heavy atom. The van der Waals surface area contributed by atoms with Crippen LogP contribution in [0, 0.1) is 0 Å². The van der Waals surface area contributed by atoms with Crippen LogP contribution in [0.4, 0.5) is 13.2 Å². The molecule has 84 valence electrons. The Kier molecular flexibility index (Phi) is 3.12. The lowest BCUT2D eigenvalue weighted by atomic mass is 9.86. The lowest BCUT2D eigenvalue weighted by Crippen LogP contribution is -2.13. The molecule has 0 heterocycles. The fourth-order valence-corrected chi connectivity index (χ4v) is 1.35. The third-order valence-corrected chi connectivity index (χ3v) is 2.22. The van der Waals surface area contributed by atoms with Gasteiger partial charge in [0, 0.05) is 0 Å². The summed E-state index contributed by atoms with van der Waals surface area (Å²) in [5.41, 5.74) is 1.35. The van der Waals surface area contributed by atoms with E-state index in [1.54, 1.807) is 24.3 Å². The Balaban J connectivity index is 2.82. The summed E-state index contributed by atoms with van der Waals surface area (Å²) in [5.74, 6) is 0. The normalized spacial score (nSPS) is 12.9. The zero-order chi connectivity index (χ0) is 11.7. The van der Waals surface area contributed by atoms with Crippen molar-refractivity contribution in [2.45, 2.75) is 38.8 Å². The third-order valence-electron chi connectivity index (χ3n) is 2.22. The molecule has 3 heteroatoms. The molecule has 0 saturated heterocycles. The highest BCUT2D eigenvalue weighted by Crippen LogP contribution is 2.25. The zero-order valence-corrected chi connectivity index (χ0v) is 9.15. The summed E-state index contributed by atoms with van der Waals surface area (Å²) < 4.78 is 36.2. The number of alkyl halides is 3. The van der Waals surface area contributed by atoms with Crippen LogP contribution in [0.15, 0.2) is 24.3 Å². The van der Waals surface area contributed by atoms with E-state index in [2.05, 4.69) is 0 Å². The summed E-state index contributed by atoms with van der Waals surface area (Å²) in [5, 5.41) is 0. The predicted molar refractivity (Wildman–Crippen MR) is 54.9 cm³/mol. The van der Waals surface area contributed by atoms with Gasteiger partial charge in [-0.25, -0.2) is 0 Å². The number of hydrogen-bond acceptors (Lipinski definition) is 0. The minimum atomic E-state index is -4.12. The van der Waals surface area contributed by atoms with Crippen molar-refractivity contribution in [3.05, 3.63) is 35.4 Å². The summed E-state index contributed by atoms with van der Waals surface area (Å²) in [4.78, 5) is 0. The van der Waals surface area contributed by atoms with Gasteiger partial charge < -0.3 is 0 Å². The smallest absolute Gasteiger partial charge is 0.171 e. The van der Waals surface area contributed by atoms with Crippen LogP contribution < -0.4 is 0 Å². The number of hydrogen-bond donors (Lipinski definition) is 0. The highest BCUT2D eigenvalue weighted by atomic mass is 19.4. The number of benzene rings is 1. The molecule has 0 spiro atoms. The average molecular weight is 216 g/mol. The molecular weight excluding hydrogens is 201 g/mol. The maximum atomic E-state index is 12.1. The van der Waals surface area contributed by atoms with Crippen molar-refractivity contribution in [2.24, 2.45) is 0 Å². The molecule has 0 unspecified atom stereocenters. The van der Waals surface area contributed by atoms with Crippen LogP contribution in [0.25, 0.3) is 0 Å². The second-order valence-electron chi connectivity index (χ2n) is 4.74. The molecule has 0 nitrogen and oxygen atoms in total. The second-order valence-corrected chi connectivity index (χ2v) is 4.74. The Morgan fingerprint density at radius 2 is 1.40 bits per heavy atom. The minimum Gasteiger partial charge on any atom is -0.171 e. The van der Waals surface area contributed by atoms with E-state index in [-0.39, 0.29) is 5.41 Å². The Morgan fingerprint density at radius 3 is 1.73 bits per heavy atom. The van der Waals surface area contributed by atoms with Gasteiger partial charge in [-0.2, -0.15) is 13.2 Å². The maximum absolute atomic E-state index is 12.1. The van der Waals surface area contributed by atoms with Gasteiger partial charge in [0.2, 0.25) is 0 Å². The highest BCUT2D eigenvalue weighted by Gasteiger charge is 2.27. The minimum absolute atomic E-state index is 0.0171. The molecule has 0 aliphatic carbocycles. The molecule has 0 aromatic heterocycles. The van der Waals surface area contributed by atoms with Gasteiger partial charge >= 0.3 is 6.18 Å². The van der Waals surface area contributed by atoms with Crippen molar-refractivity contribution in [1.29, 1.82) is 0 Å². The van der Waals surface area contributed by atoms with Gasteiger partial charge in [0.25, 0.3) is 0 Å². The van der Waals surface area contributed by atoms with E-state index in [1.807, 2.05) is 20.8 Å². The van der Waals surface area contributed by atoms with Crippen LogP contribution in [-0.2, 0) is 11.8 Å². The second kappa shape index (κ2) is 3.87. The summed E-state index contributed by atoms with van der Waals surface area (Å²) in [6.45, 7) is 6.10. The highest BCUT2D eigenvalue weighted by molar-refractivity contribution is 5.27. The molecule has 0 amide bonds. The molecule has 1 aromatic carbocycles. The molecule has 1 aromatic rings. The van der Waals surface area contributed by atoms with Gasteiger partial charge in [0.15, 0.2) is 0 Å². The first-order valence-corrected chi connectivity index (χ1v) is 4.85. The van der Waals surface area contributed by atoms with Crippen LogP contribution in [0.1, 0.15) is 31.9 Å². The molecule has 0 radical (unpaired) electrons. The Hall–Kier alpha value is -0.990. The Bertz CT molecular complexity index is 314. The summed E-state index contributed by atoms with van der Waals surface area (Å²) in [7, 11) is 0. The van der Waals surface area contributed by atoms with Crippen LogP contribution in [0.2, 0.25) is 0 Å². The number of halogens is 3. The van der Waals surface area contributed by atoms with Crippen LogP contribution in [0.5, 0.6) is 0 Å². The van der Waals surface area contributed by atoms with Gasteiger partial charge in [-0.3, -0.25) is 0 Å². The van der Waals surface area contributed by atoms with Gasteiger partial charge in [0.05, 0.1) is 6.42 Å². The van der Waals surface area contributed by atoms with Crippen molar-refractivity contribution >= 4 is 0 Å². The fourth-order valence-electron chi connectivity index (χ4n) is 1.35. The molecular formula is C12H15F3. The van der Waals surface area contributed by atoms with Gasteiger partial charge in [-0.1, -0.05) is 45.0 Å². The average Bonchev–Trinajstić information content (AvgIpc) is 2.00. The molecule has 15 heavy (non-hydrogen) atoms. The third kappa shape index (κ3) is 3.94. The molecule has 0 atom stereocenters. The van der Waals surface area contributed by atoms with Crippen LogP contribution in [-0.4, -0.2) is 6.18 Å². The van der Waals surface area contributed by atoms with E-state index >= 15 is 0 Å². The van der Waals surface area contributed by atoms with Crippen LogP contribution >= 0.6 is 0 Å². The van der Waals surface area contributed by atoms with Crippen molar-refractivity contribution in [3.63, 3.8) is 0 Å². The van der Waals surface area contributed by atoms with E-state index in [0.717, 1.165) is 5.56 Å². The zero-order valence-electron chi connectivity index (χ0n) is 9.15. The van der Waals surface area contributed by atoms with Crippen molar-refractivity contribution in [1.82, 2.24) is 0 Å². The van der Waals surface area contributed by atoms with E-state index in [4.69, 9.17) is 0 Å². The molecule has 0 fully saturated rings. The lowest BCUT2D eigenvalue weighted by Gasteiger charge is -2.19. The fraction of sp³-hybridized carbons (Fsp3) is 0.500. The lowest BCUT2D eigenvalue weighted by molar-refractivity contribution is -0.127. The summed E-state index contributed by atoms with van der Waals surface area (Å²) in [6.07, 6.45) is -4.97. The first-order valence-electron chi connectivity index (χ1n) is 4.85. The van der Waals surface area contributed by atoms with E-state index in [0.29, 0.717) is 5.56 Å². The van der Waals surface area contributed by atoms with E-state index in [1.165, 1.54) is 0 Å². The van der Waals surface area contributed by atoms with Gasteiger partial charge in [-0.05, 0) is 16.5 Å². The largest absolute Gasteiger partial charge is 0.393 e. The molecule has 0 N–H and O–H groups in total. The van der Waals surface area contributed by atoms with Gasteiger partial charge in [-0.15, -0.1) is 0 Å². The van der Waals surface area contributed by atoms with Crippen molar-refractivity contribution in [3.8, 4) is 0 Å². The van der Waals surface area contributed by atoms with Crippen LogP contribution in [0.3, 0.4) is 0 Å². The molecule has 0 aliphatic heterocycles. The molecule has 0 bridgehead atoms. The van der Waals surface area contributed by atoms with Crippen molar-refractivity contribution in [2.75, 3.05) is 0 Å². The monoisotopic (exact) mass is 216 g/mol. The first kappa shape index (κ1) is 12.1. The summed E-state index contributed by atoms with van der Waals surface area (Å²) >= 11 is 0. The van der Waals surface area contributed by atoms with Crippen molar-refractivity contribution < 1.29 is 13.2 Å². The maximum Gasteiger partial charge on any atom is 0.393 e. The first-order chi connectivity index (χ1) is 6.68. The summed E-state index contributed by atoms with van der Waals surface area (Å²) in [6, 6.07) is 6.63. The van der Waals surface area contributed by atoms with E-state index < -0.39 is 12.6 Å². The SMILES string of the molecule is CC(C)(C)c1ccc(CC(F)(F)F)cc1. The van der Waals surface area contributed by atoms with E-state index in [9.17, 15) is 13.2 Å². The standard InChI is InChI=1S/C12H15F3/c1-11(2,3)10-6-4-9(5-7-10)8-12(13,14)15/h4-7H,8H2,1-3H3. The Labute approximate surface area is 88.1 Å².